The molecule has 0 aromatic heterocycles. The van der Waals surface area contributed by atoms with E-state index < -0.39 is 65.0 Å². The van der Waals surface area contributed by atoms with E-state index in [4.69, 9.17) is 15.2 Å². The number of ether oxygens (including phenoxy) is 2. The van der Waals surface area contributed by atoms with Crippen LogP contribution < -0.4 is 15.8 Å². The van der Waals surface area contributed by atoms with Gasteiger partial charge < -0.3 is 20.5 Å². The molecule has 1 aromatic rings. The molecule has 13 heteroatoms. The number of hydrogen-bond acceptors (Lipinski definition) is 5. The van der Waals surface area contributed by atoms with Crippen molar-refractivity contribution < 1.29 is 45.8 Å². The maximum atomic E-state index is 14.6. The molecule has 3 N–H and O–H groups in total. The van der Waals surface area contributed by atoms with Crippen LogP contribution in [-0.2, 0) is 14.3 Å². The zero-order chi connectivity index (χ0) is 26.3. The molecule has 0 bridgehead atoms. The van der Waals surface area contributed by atoms with E-state index >= 15 is 0 Å². The van der Waals surface area contributed by atoms with E-state index in [0.29, 0.717) is 0 Å². The summed E-state index contributed by atoms with van der Waals surface area (Å²) in [6.07, 6.45) is -3.71. The fraction of sp³-hybridized carbons (Fsp3) is 0.455. The molecule has 2 aliphatic rings. The zero-order valence-electron chi connectivity index (χ0n) is 18.9. The fourth-order valence-electron chi connectivity index (χ4n) is 4.17. The first-order valence-corrected chi connectivity index (χ1v) is 10.5. The van der Waals surface area contributed by atoms with Crippen molar-refractivity contribution in [1.29, 1.82) is 0 Å². The molecule has 2 heterocycles. The van der Waals surface area contributed by atoms with Crippen LogP contribution >= 0.6 is 0 Å². The van der Waals surface area contributed by atoms with Gasteiger partial charge >= 0.3 is 12.2 Å². The van der Waals surface area contributed by atoms with Crippen LogP contribution in [0.25, 0.3) is 0 Å². The summed E-state index contributed by atoms with van der Waals surface area (Å²) in [7, 11) is 0. The molecule has 8 nitrogen and oxygen atoms in total. The second-order valence-corrected chi connectivity index (χ2v) is 8.30. The van der Waals surface area contributed by atoms with E-state index in [2.05, 4.69) is 5.32 Å². The van der Waals surface area contributed by atoms with Crippen molar-refractivity contribution in [1.82, 2.24) is 5.32 Å². The van der Waals surface area contributed by atoms with Gasteiger partial charge in [0.2, 0.25) is 12.0 Å². The summed E-state index contributed by atoms with van der Waals surface area (Å²) in [5, 5.41) is 2.31. The summed E-state index contributed by atoms with van der Waals surface area (Å²) in [4.78, 5) is 36.3. The smallest absolute Gasteiger partial charge is 0.417 e. The van der Waals surface area contributed by atoms with Gasteiger partial charge in [-0.2, -0.15) is 17.6 Å². The van der Waals surface area contributed by atoms with Gasteiger partial charge in [-0.05, 0) is 19.9 Å². The number of rotatable bonds is 6. The first-order valence-electron chi connectivity index (χ1n) is 10.5. The van der Waals surface area contributed by atoms with Gasteiger partial charge in [0.05, 0.1) is 12.3 Å². The predicted molar refractivity (Wildman–Crippen MR) is 111 cm³/mol. The van der Waals surface area contributed by atoms with E-state index in [-0.39, 0.29) is 22.6 Å². The Labute approximate surface area is 196 Å². The summed E-state index contributed by atoms with van der Waals surface area (Å²) < 4.78 is 81.2. The molecule has 0 radical (unpaired) electrons. The first kappa shape index (κ1) is 26.3. The average molecular weight is 504 g/mol. The largest absolute Gasteiger partial charge is 0.490 e. The molecule has 35 heavy (non-hydrogen) atoms. The molecule has 2 aliphatic heterocycles. The molecule has 0 aliphatic carbocycles. The molecular weight excluding hydrogens is 481 g/mol. The minimum Gasteiger partial charge on any atom is -0.490 e. The van der Waals surface area contributed by atoms with E-state index in [1.165, 1.54) is 13.8 Å². The lowest BCUT2D eigenvalue weighted by atomic mass is 9.77. The SMILES string of the molecule is CCOc1c([C@H]2C(C(=O)NC3=C[C@H](C(N)=O)[N+](=O)C=C3)O[C@@](C)(C(F)(F)F)[C@@H]2C)ccc(F)c1F. The van der Waals surface area contributed by atoms with Crippen LogP contribution in [0.1, 0.15) is 32.3 Å². The van der Waals surface area contributed by atoms with Crippen molar-refractivity contribution in [2.24, 2.45) is 11.7 Å². The van der Waals surface area contributed by atoms with Crippen molar-refractivity contribution >= 4 is 11.8 Å². The van der Waals surface area contributed by atoms with Gasteiger partial charge in [0.25, 0.3) is 11.8 Å². The Morgan fingerprint density at radius 2 is 1.94 bits per heavy atom. The van der Waals surface area contributed by atoms with E-state index in [1.807, 2.05) is 0 Å². The number of benzene rings is 1. The topological polar surface area (TPSA) is 111 Å². The van der Waals surface area contributed by atoms with Gasteiger partial charge in [-0.3, -0.25) is 9.59 Å². The Bertz CT molecular complexity index is 1120. The highest BCUT2D eigenvalue weighted by atomic mass is 19.4. The van der Waals surface area contributed by atoms with Crippen molar-refractivity contribution in [2.45, 2.75) is 50.6 Å². The first-order chi connectivity index (χ1) is 16.2. The van der Waals surface area contributed by atoms with Crippen molar-refractivity contribution in [3.8, 4) is 5.75 Å². The molecule has 5 atom stereocenters. The highest BCUT2D eigenvalue weighted by Gasteiger charge is 2.66. The zero-order valence-corrected chi connectivity index (χ0v) is 18.9. The normalized spacial score (nSPS) is 28.6. The highest BCUT2D eigenvalue weighted by Crippen LogP contribution is 2.54. The molecule has 190 valence electrons. The van der Waals surface area contributed by atoms with Crippen LogP contribution in [0.15, 0.2) is 36.2 Å². The molecule has 1 unspecified atom stereocenters. The van der Waals surface area contributed by atoms with Crippen molar-refractivity contribution in [2.75, 3.05) is 6.61 Å². The van der Waals surface area contributed by atoms with Gasteiger partial charge in [0.15, 0.2) is 17.2 Å². The number of nitroso groups, excluding NO2 is 1. The Kier molecular flexibility index (Phi) is 7.02. The summed E-state index contributed by atoms with van der Waals surface area (Å²) in [6, 6.07) is 0.324. The average Bonchev–Trinajstić information content (AvgIpc) is 3.05. The number of nitrogens with two attached hydrogens (primary N) is 1. The monoisotopic (exact) mass is 504 g/mol. The Morgan fingerprint density at radius 1 is 1.29 bits per heavy atom. The molecule has 1 aromatic carbocycles. The van der Waals surface area contributed by atoms with Crippen LogP contribution in [0.2, 0.25) is 0 Å². The lowest BCUT2D eigenvalue weighted by Crippen LogP contribution is -2.47. The number of nitrogens with one attached hydrogen (secondary N) is 1. The predicted octanol–water partition coefficient (Wildman–Crippen LogP) is 2.96. The molecule has 1 saturated heterocycles. The molecule has 0 spiro atoms. The summed E-state index contributed by atoms with van der Waals surface area (Å²) in [5.74, 6) is -8.24. The minimum absolute atomic E-state index is 0.0863. The quantitative estimate of drug-likeness (QED) is 0.457. The van der Waals surface area contributed by atoms with Crippen LogP contribution in [0.4, 0.5) is 22.0 Å². The number of alkyl halides is 3. The van der Waals surface area contributed by atoms with Gasteiger partial charge in [-0.25, -0.2) is 4.39 Å². The van der Waals surface area contributed by atoms with Gasteiger partial charge in [0.1, 0.15) is 6.10 Å². The number of allylic oxidation sites excluding steroid dienone is 1. The molecular formula is C22H23F5N3O5+. The third kappa shape index (κ3) is 4.64. The molecule has 2 amide bonds. The number of carbonyl (C=O) groups excluding carboxylic acids is 2. The van der Waals surface area contributed by atoms with Gasteiger partial charge in [-0.15, -0.1) is 0 Å². The number of halogens is 5. The Morgan fingerprint density at radius 3 is 2.51 bits per heavy atom. The standard InChI is InChI=1S/C22H22F5N3O5/c1-4-34-17-12(5-6-13(23)16(17)24)15-10(2)21(3,22(25,26)27)35-18(15)20(32)29-11-7-8-30(33)14(9-11)19(28)31/h5-10,14-15,18H,4H2,1-3H3,(H2-,28,29,31,32)/p+1/t10-,14-,15+,18?,21-/m1/s1. The summed E-state index contributed by atoms with van der Waals surface area (Å²) >= 11 is 0. The molecule has 1 fully saturated rings. The Hall–Kier alpha value is -3.35. The molecule has 0 saturated carbocycles. The third-order valence-electron chi connectivity index (χ3n) is 6.23. The van der Waals surface area contributed by atoms with Crippen LogP contribution in [-0.4, -0.2) is 47.1 Å². The van der Waals surface area contributed by atoms with Crippen LogP contribution in [0.5, 0.6) is 5.75 Å². The van der Waals surface area contributed by atoms with Gasteiger partial charge in [0, 0.05) is 39.2 Å². The van der Waals surface area contributed by atoms with Crippen molar-refractivity contribution in [3.05, 3.63) is 58.3 Å². The fourth-order valence-corrected chi connectivity index (χ4v) is 4.17. The van der Waals surface area contributed by atoms with Crippen molar-refractivity contribution in [3.63, 3.8) is 0 Å². The third-order valence-corrected chi connectivity index (χ3v) is 6.23. The second-order valence-electron chi connectivity index (χ2n) is 8.30. The van der Waals surface area contributed by atoms with Crippen LogP contribution in [0, 0.1) is 22.5 Å². The minimum atomic E-state index is -4.92. The lowest BCUT2D eigenvalue weighted by molar-refractivity contribution is -0.495. The second kappa shape index (κ2) is 9.36. The molecule has 3 rings (SSSR count). The number of nitrogens with zero attached hydrogens (tertiary/aromatic N) is 1. The highest BCUT2D eigenvalue weighted by molar-refractivity contribution is 5.86. The lowest BCUT2D eigenvalue weighted by Gasteiger charge is -2.32. The van der Waals surface area contributed by atoms with Gasteiger partial charge in [-0.1, -0.05) is 13.0 Å². The van der Waals surface area contributed by atoms with Crippen LogP contribution in [0.3, 0.4) is 0 Å². The maximum absolute atomic E-state index is 14.6. The van der Waals surface area contributed by atoms with E-state index in [9.17, 15) is 36.4 Å². The van der Waals surface area contributed by atoms with E-state index in [0.717, 1.165) is 37.4 Å². The number of primary amides is 1. The summed E-state index contributed by atoms with van der Waals surface area (Å²) in [6.45, 7) is 3.29. The summed E-state index contributed by atoms with van der Waals surface area (Å²) in [5.41, 5.74) is 2.05. The Balaban J connectivity index is 2.06. The number of carbonyl (C=O) groups is 2. The maximum Gasteiger partial charge on any atom is 0.417 e. The number of amides is 2. The number of hydrogen-bond donors (Lipinski definition) is 2. The van der Waals surface area contributed by atoms with E-state index in [1.54, 1.807) is 0 Å².